The molecule has 1 aromatic rings. The van der Waals surface area contributed by atoms with Crippen LogP contribution in [0.5, 0.6) is 0 Å². The molecule has 1 aliphatic rings. The van der Waals surface area contributed by atoms with Crippen molar-refractivity contribution in [3.05, 3.63) is 22.7 Å². The van der Waals surface area contributed by atoms with Crippen molar-refractivity contribution in [2.75, 3.05) is 27.2 Å². The largest absolute Gasteiger partial charge is 0.306 e. The van der Waals surface area contributed by atoms with Crippen LogP contribution < -0.4 is 0 Å². The summed E-state index contributed by atoms with van der Waals surface area (Å²) in [6, 6.07) is 2.42. The monoisotopic (exact) mass is 268 g/mol. The Kier molecular flexibility index (Phi) is 4.54. The van der Waals surface area contributed by atoms with Crippen molar-refractivity contribution in [2.45, 2.75) is 32.4 Å². The molecule has 0 spiro atoms. The molecule has 0 saturated carbocycles. The highest BCUT2D eigenvalue weighted by Crippen LogP contribution is 2.16. The Labute approximate surface area is 114 Å². The molecule has 100 valence electrons. The quantitative estimate of drug-likeness (QED) is 0.785. The molecule has 5 heteroatoms. The number of likely N-dealkylation sites (tertiary alicyclic amines) is 1. The first-order valence-corrected chi connectivity index (χ1v) is 6.81. The predicted octanol–water partition coefficient (Wildman–Crippen LogP) is 1.96. The van der Waals surface area contributed by atoms with Gasteiger partial charge in [0, 0.05) is 11.7 Å². The molecule has 2 heterocycles. The van der Waals surface area contributed by atoms with Gasteiger partial charge in [-0.25, -0.2) is 9.97 Å². The number of hydrogen-bond donors (Lipinski definition) is 0. The highest BCUT2D eigenvalue weighted by atomic mass is 35.5. The number of rotatable bonds is 3. The Morgan fingerprint density at radius 2 is 2.06 bits per heavy atom. The number of aromatic nitrogens is 2. The van der Waals surface area contributed by atoms with E-state index in [1.807, 2.05) is 6.92 Å². The molecular weight excluding hydrogens is 248 g/mol. The van der Waals surface area contributed by atoms with E-state index in [1.165, 1.54) is 25.9 Å². The smallest absolute Gasteiger partial charge is 0.144 e. The first-order valence-electron chi connectivity index (χ1n) is 6.43. The second-order valence-electron chi connectivity index (χ2n) is 5.20. The van der Waals surface area contributed by atoms with E-state index in [2.05, 4.69) is 33.9 Å². The zero-order valence-electron chi connectivity index (χ0n) is 11.4. The van der Waals surface area contributed by atoms with E-state index >= 15 is 0 Å². The SMILES string of the molecule is Cc1cc(Cl)nc(CN(C)C2CCN(C)CC2)n1. The van der Waals surface area contributed by atoms with E-state index in [0.29, 0.717) is 11.2 Å². The molecule has 0 aliphatic carbocycles. The summed E-state index contributed by atoms with van der Waals surface area (Å²) in [5.74, 6) is 0.821. The van der Waals surface area contributed by atoms with Crippen LogP contribution in [0.2, 0.25) is 5.15 Å². The van der Waals surface area contributed by atoms with E-state index < -0.39 is 0 Å². The lowest BCUT2D eigenvalue weighted by Crippen LogP contribution is -2.41. The Morgan fingerprint density at radius 1 is 1.39 bits per heavy atom. The maximum absolute atomic E-state index is 5.96. The van der Waals surface area contributed by atoms with Crippen LogP contribution in [0, 0.1) is 6.92 Å². The van der Waals surface area contributed by atoms with Gasteiger partial charge in [0.15, 0.2) is 0 Å². The average Bonchev–Trinajstić information content (AvgIpc) is 2.28. The Hall–Kier alpha value is -0.710. The van der Waals surface area contributed by atoms with Gasteiger partial charge in [0.2, 0.25) is 0 Å². The molecule has 0 bridgehead atoms. The minimum Gasteiger partial charge on any atom is -0.306 e. The molecule has 1 aromatic heterocycles. The van der Waals surface area contributed by atoms with E-state index in [9.17, 15) is 0 Å². The van der Waals surface area contributed by atoms with Crippen LogP contribution in [0.3, 0.4) is 0 Å². The van der Waals surface area contributed by atoms with Gasteiger partial charge in [-0.2, -0.15) is 0 Å². The molecular formula is C13H21ClN4. The topological polar surface area (TPSA) is 32.3 Å². The van der Waals surface area contributed by atoms with Gasteiger partial charge in [-0.3, -0.25) is 4.90 Å². The fraction of sp³-hybridized carbons (Fsp3) is 0.692. The fourth-order valence-electron chi connectivity index (χ4n) is 2.45. The first-order chi connectivity index (χ1) is 8.54. The van der Waals surface area contributed by atoms with Crippen molar-refractivity contribution in [3.63, 3.8) is 0 Å². The van der Waals surface area contributed by atoms with Crippen LogP contribution >= 0.6 is 11.6 Å². The predicted molar refractivity (Wildman–Crippen MR) is 73.8 cm³/mol. The van der Waals surface area contributed by atoms with Crippen LogP contribution in [-0.4, -0.2) is 53.0 Å². The molecule has 0 amide bonds. The van der Waals surface area contributed by atoms with Gasteiger partial charge in [0.25, 0.3) is 0 Å². The van der Waals surface area contributed by atoms with Crippen molar-refractivity contribution >= 4 is 11.6 Å². The molecule has 18 heavy (non-hydrogen) atoms. The zero-order chi connectivity index (χ0) is 13.1. The minimum atomic E-state index is 0.536. The van der Waals surface area contributed by atoms with Crippen LogP contribution in [-0.2, 0) is 6.54 Å². The molecule has 1 fully saturated rings. The molecule has 0 radical (unpaired) electrons. The summed E-state index contributed by atoms with van der Waals surface area (Å²) in [6.07, 6.45) is 2.43. The van der Waals surface area contributed by atoms with Gasteiger partial charge in [-0.05, 0) is 53.0 Å². The van der Waals surface area contributed by atoms with Crippen molar-refractivity contribution < 1.29 is 0 Å². The molecule has 1 aliphatic heterocycles. The number of piperidine rings is 1. The van der Waals surface area contributed by atoms with Gasteiger partial charge >= 0.3 is 0 Å². The van der Waals surface area contributed by atoms with Gasteiger partial charge in [-0.1, -0.05) is 11.6 Å². The van der Waals surface area contributed by atoms with Gasteiger partial charge in [-0.15, -0.1) is 0 Å². The van der Waals surface area contributed by atoms with Crippen molar-refractivity contribution in [1.82, 2.24) is 19.8 Å². The Morgan fingerprint density at radius 3 is 2.67 bits per heavy atom. The minimum absolute atomic E-state index is 0.536. The Balaban J connectivity index is 1.96. The lowest BCUT2D eigenvalue weighted by molar-refractivity contribution is 0.137. The molecule has 1 saturated heterocycles. The number of aryl methyl sites for hydroxylation is 1. The summed E-state index contributed by atoms with van der Waals surface area (Å²) in [4.78, 5) is 13.4. The summed E-state index contributed by atoms with van der Waals surface area (Å²) in [7, 11) is 4.33. The summed E-state index contributed by atoms with van der Waals surface area (Å²) in [5, 5.41) is 0.536. The molecule has 2 rings (SSSR count). The lowest BCUT2D eigenvalue weighted by Gasteiger charge is -2.34. The van der Waals surface area contributed by atoms with Crippen molar-refractivity contribution in [3.8, 4) is 0 Å². The lowest BCUT2D eigenvalue weighted by atomic mass is 10.0. The maximum atomic E-state index is 5.96. The second-order valence-corrected chi connectivity index (χ2v) is 5.59. The van der Waals surface area contributed by atoms with E-state index in [-0.39, 0.29) is 0 Å². The average molecular weight is 269 g/mol. The summed E-state index contributed by atoms with van der Waals surface area (Å²) < 4.78 is 0. The highest BCUT2D eigenvalue weighted by Gasteiger charge is 2.21. The summed E-state index contributed by atoms with van der Waals surface area (Å²) in [5.41, 5.74) is 0.932. The molecule has 0 N–H and O–H groups in total. The standard InChI is InChI=1S/C13H21ClN4/c1-10-8-12(14)16-13(15-10)9-18(3)11-4-6-17(2)7-5-11/h8,11H,4-7,9H2,1-3H3. The third-order valence-corrected chi connectivity index (χ3v) is 3.77. The van der Waals surface area contributed by atoms with Gasteiger partial charge in [0.05, 0.1) is 6.54 Å². The molecule has 4 nitrogen and oxygen atoms in total. The van der Waals surface area contributed by atoms with E-state index in [0.717, 1.165) is 18.1 Å². The van der Waals surface area contributed by atoms with Crippen LogP contribution in [0.25, 0.3) is 0 Å². The third-order valence-electron chi connectivity index (χ3n) is 3.57. The number of hydrogen-bond acceptors (Lipinski definition) is 4. The summed E-state index contributed by atoms with van der Waals surface area (Å²) >= 11 is 5.96. The molecule has 0 unspecified atom stereocenters. The third kappa shape index (κ3) is 3.64. The first kappa shape index (κ1) is 13.7. The van der Waals surface area contributed by atoms with Crippen LogP contribution in [0.1, 0.15) is 24.4 Å². The maximum Gasteiger partial charge on any atom is 0.144 e. The molecule has 0 aromatic carbocycles. The van der Waals surface area contributed by atoms with E-state index in [1.54, 1.807) is 6.07 Å². The summed E-state index contributed by atoms with van der Waals surface area (Å²) in [6.45, 7) is 5.07. The van der Waals surface area contributed by atoms with Crippen molar-refractivity contribution in [2.24, 2.45) is 0 Å². The van der Waals surface area contributed by atoms with Crippen molar-refractivity contribution in [1.29, 1.82) is 0 Å². The van der Waals surface area contributed by atoms with Gasteiger partial charge < -0.3 is 4.90 Å². The second kappa shape index (κ2) is 5.95. The van der Waals surface area contributed by atoms with Crippen LogP contribution in [0.15, 0.2) is 6.07 Å². The number of halogens is 1. The zero-order valence-corrected chi connectivity index (χ0v) is 12.1. The molecule has 0 atom stereocenters. The highest BCUT2D eigenvalue weighted by molar-refractivity contribution is 6.29. The fourth-order valence-corrected chi connectivity index (χ4v) is 2.70. The van der Waals surface area contributed by atoms with Gasteiger partial charge in [0.1, 0.15) is 11.0 Å². The number of nitrogens with zero attached hydrogens (tertiary/aromatic N) is 4. The van der Waals surface area contributed by atoms with E-state index in [4.69, 9.17) is 11.6 Å². The Bertz CT molecular complexity index is 382. The van der Waals surface area contributed by atoms with Crippen LogP contribution in [0.4, 0.5) is 0 Å². The normalized spacial score (nSPS) is 18.5.